The summed E-state index contributed by atoms with van der Waals surface area (Å²) in [6, 6.07) is 0. The molecule has 1 aromatic heterocycles. The van der Waals surface area contributed by atoms with Crippen LogP contribution in [0.4, 0.5) is 0 Å². The lowest BCUT2D eigenvalue weighted by molar-refractivity contribution is 0.101. The maximum atomic E-state index is 6.26. The zero-order chi connectivity index (χ0) is 11.6. The van der Waals surface area contributed by atoms with Gasteiger partial charge in [-0.05, 0) is 39.5 Å². The average molecular weight is 240 g/mol. The molecule has 2 N–H and O–H groups in total. The van der Waals surface area contributed by atoms with Crippen LogP contribution in [0.15, 0.2) is 0 Å². The van der Waals surface area contributed by atoms with Crippen LogP contribution in [-0.4, -0.2) is 18.2 Å². The Morgan fingerprint density at radius 3 is 2.88 bits per heavy atom. The van der Waals surface area contributed by atoms with E-state index in [2.05, 4.69) is 4.98 Å². The van der Waals surface area contributed by atoms with Gasteiger partial charge in [-0.1, -0.05) is 0 Å². The lowest BCUT2D eigenvalue weighted by Crippen LogP contribution is -2.38. The standard InChI is InChI=1S/C12H20N2OS/c1-3-15-8-12(2,13)11-14-9-6-4-5-7-10(9)16-11/h3-8,13H2,1-2H3. The van der Waals surface area contributed by atoms with Gasteiger partial charge in [0.15, 0.2) is 0 Å². The third-order valence-electron chi connectivity index (χ3n) is 2.94. The summed E-state index contributed by atoms with van der Waals surface area (Å²) in [5.41, 5.74) is 7.10. The van der Waals surface area contributed by atoms with Gasteiger partial charge in [0.25, 0.3) is 0 Å². The van der Waals surface area contributed by atoms with Crippen LogP contribution in [0.5, 0.6) is 0 Å². The Hall–Kier alpha value is -0.450. The van der Waals surface area contributed by atoms with Crippen molar-refractivity contribution in [2.75, 3.05) is 13.2 Å². The van der Waals surface area contributed by atoms with E-state index in [1.54, 1.807) is 11.3 Å². The highest BCUT2D eigenvalue weighted by Crippen LogP contribution is 2.31. The summed E-state index contributed by atoms with van der Waals surface area (Å²) in [7, 11) is 0. The summed E-state index contributed by atoms with van der Waals surface area (Å²) in [4.78, 5) is 6.13. The van der Waals surface area contributed by atoms with E-state index in [9.17, 15) is 0 Å². The van der Waals surface area contributed by atoms with Crippen LogP contribution in [0.3, 0.4) is 0 Å². The highest BCUT2D eigenvalue weighted by molar-refractivity contribution is 7.11. The summed E-state index contributed by atoms with van der Waals surface area (Å²) in [6.45, 7) is 5.25. The number of hydrogen-bond acceptors (Lipinski definition) is 4. The molecule has 0 aromatic carbocycles. The Morgan fingerprint density at radius 2 is 2.19 bits per heavy atom. The molecule has 0 radical (unpaired) electrons. The van der Waals surface area contributed by atoms with Gasteiger partial charge in [-0.3, -0.25) is 0 Å². The van der Waals surface area contributed by atoms with E-state index in [1.807, 2.05) is 13.8 Å². The van der Waals surface area contributed by atoms with Crippen molar-refractivity contribution in [1.29, 1.82) is 0 Å². The van der Waals surface area contributed by atoms with E-state index in [1.165, 1.54) is 29.8 Å². The molecule has 4 heteroatoms. The third kappa shape index (κ3) is 2.44. The quantitative estimate of drug-likeness (QED) is 0.878. The number of nitrogens with zero attached hydrogens (tertiary/aromatic N) is 1. The van der Waals surface area contributed by atoms with Crippen molar-refractivity contribution in [3.8, 4) is 0 Å². The van der Waals surface area contributed by atoms with Crippen molar-refractivity contribution in [2.24, 2.45) is 5.73 Å². The Bertz CT molecular complexity index is 336. The van der Waals surface area contributed by atoms with Crippen molar-refractivity contribution in [3.05, 3.63) is 15.6 Å². The van der Waals surface area contributed by atoms with Crippen molar-refractivity contribution in [2.45, 2.75) is 45.1 Å². The number of aromatic nitrogens is 1. The maximum Gasteiger partial charge on any atom is 0.115 e. The van der Waals surface area contributed by atoms with Gasteiger partial charge in [-0.25, -0.2) is 4.98 Å². The predicted molar refractivity (Wildman–Crippen MR) is 66.8 cm³/mol. The number of thiazole rings is 1. The number of fused-ring (bicyclic) bond motifs is 1. The second-order valence-corrected chi connectivity index (χ2v) is 5.73. The minimum atomic E-state index is -0.433. The second-order valence-electron chi connectivity index (χ2n) is 4.65. The van der Waals surface area contributed by atoms with Crippen LogP contribution in [0, 0.1) is 0 Å². The Balaban J connectivity index is 2.16. The molecule has 0 bridgehead atoms. The fourth-order valence-corrected chi connectivity index (χ4v) is 3.17. The van der Waals surface area contributed by atoms with Crippen LogP contribution in [0.25, 0.3) is 0 Å². The number of rotatable bonds is 4. The molecule has 1 unspecified atom stereocenters. The molecular formula is C12H20N2OS. The van der Waals surface area contributed by atoms with Crippen LogP contribution >= 0.6 is 11.3 Å². The minimum Gasteiger partial charge on any atom is -0.379 e. The molecule has 16 heavy (non-hydrogen) atoms. The lowest BCUT2D eigenvalue weighted by atomic mass is 10.0. The molecule has 1 aliphatic carbocycles. The van der Waals surface area contributed by atoms with Crippen molar-refractivity contribution < 1.29 is 4.74 Å². The molecule has 1 aromatic rings. The first kappa shape index (κ1) is 12.0. The van der Waals surface area contributed by atoms with Gasteiger partial charge in [0.2, 0.25) is 0 Å². The Labute approximate surface area is 101 Å². The normalized spacial score (nSPS) is 19.2. The Kier molecular flexibility index (Phi) is 3.62. The molecule has 0 aliphatic heterocycles. The fraction of sp³-hybridized carbons (Fsp3) is 0.750. The van der Waals surface area contributed by atoms with Crippen molar-refractivity contribution >= 4 is 11.3 Å². The molecule has 90 valence electrons. The molecule has 0 fully saturated rings. The Morgan fingerprint density at radius 1 is 1.44 bits per heavy atom. The SMILES string of the molecule is CCOCC(C)(N)c1nc2c(s1)CCCC2. The summed E-state index contributed by atoms with van der Waals surface area (Å²) < 4.78 is 5.43. The minimum absolute atomic E-state index is 0.433. The van der Waals surface area contributed by atoms with Gasteiger partial charge >= 0.3 is 0 Å². The lowest BCUT2D eigenvalue weighted by Gasteiger charge is -2.21. The molecule has 1 heterocycles. The highest BCUT2D eigenvalue weighted by atomic mass is 32.1. The van der Waals surface area contributed by atoms with Crippen molar-refractivity contribution in [1.82, 2.24) is 4.98 Å². The first-order valence-corrected chi connectivity index (χ1v) is 6.81. The van der Waals surface area contributed by atoms with Crippen LogP contribution in [0.1, 0.15) is 42.3 Å². The van der Waals surface area contributed by atoms with Crippen molar-refractivity contribution in [3.63, 3.8) is 0 Å². The fourth-order valence-electron chi connectivity index (χ4n) is 1.97. The average Bonchev–Trinajstić information content (AvgIpc) is 2.71. The first-order chi connectivity index (χ1) is 7.63. The molecule has 1 aliphatic rings. The summed E-state index contributed by atoms with van der Waals surface area (Å²) in [5, 5.41) is 1.04. The smallest absolute Gasteiger partial charge is 0.115 e. The summed E-state index contributed by atoms with van der Waals surface area (Å²) in [6.07, 6.45) is 4.86. The predicted octanol–water partition coefficient (Wildman–Crippen LogP) is 2.23. The molecule has 2 rings (SSSR count). The molecule has 1 atom stereocenters. The van der Waals surface area contributed by atoms with Crippen LogP contribution < -0.4 is 5.73 Å². The van der Waals surface area contributed by atoms with E-state index >= 15 is 0 Å². The number of aryl methyl sites for hydroxylation is 2. The maximum absolute atomic E-state index is 6.26. The van der Waals surface area contributed by atoms with Gasteiger partial charge in [0, 0.05) is 11.5 Å². The van der Waals surface area contributed by atoms with Gasteiger partial charge in [-0.15, -0.1) is 11.3 Å². The molecule has 0 saturated carbocycles. The van der Waals surface area contributed by atoms with E-state index in [0.717, 1.165) is 11.4 Å². The van der Waals surface area contributed by atoms with Gasteiger partial charge in [0.1, 0.15) is 5.01 Å². The van der Waals surface area contributed by atoms with Gasteiger partial charge in [0.05, 0.1) is 17.8 Å². The number of hydrogen-bond donors (Lipinski definition) is 1. The van der Waals surface area contributed by atoms with Crippen LogP contribution in [0.2, 0.25) is 0 Å². The molecule has 3 nitrogen and oxygen atoms in total. The summed E-state index contributed by atoms with van der Waals surface area (Å²) in [5.74, 6) is 0. The van der Waals surface area contributed by atoms with E-state index in [4.69, 9.17) is 10.5 Å². The second kappa shape index (κ2) is 4.82. The zero-order valence-corrected chi connectivity index (χ0v) is 10.9. The highest BCUT2D eigenvalue weighted by Gasteiger charge is 2.27. The molecule has 0 amide bonds. The van der Waals surface area contributed by atoms with E-state index < -0.39 is 5.54 Å². The zero-order valence-electron chi connectivity index (χ0n) is 10.1. The largest absolute Gasteiger partial charge is 0.379 e. The molecule has 0 saturated heterocycles. The monoisotopic (exact) mass is 240 g/mol. The molecule has 0 spiro atoms. The van der Waals surface area contributed by atoms with Gasteiger partial charge in [-0.2, -0.15) is 0 Å². The number of nitrogens with two attached hydrogens (primary N) is 1. The van der Waals surface area contributed by atoms with Crippen LogP contribution in [-0.2, 0) is 23.1 Å². The van der Waals surface area contributed by atoms with E-state index in [-0.39, 0.29) is 0 Å². The van der Waals surface area contributed by atoms with Gasteiger partial charge < -0.3 is 10.5 Å². The molecular weight excluding hydrogens is 220 g/mol. The number of ether oxygens (including phenoxy) is 1. The third-order valence-corrected chi connectivity index (χ3v) is 4.38. The van der Waals surface area contributed by atoms with E-state index in [0.29, 0.717) is 13.2 Å². The topological polar surface area (TPSA) is 48.1 Å². The summed E-state index contributed by atoms with van der Waals surface area (Å²) >= 11 is 1.78. The first-order valence-electron chi connectivity index (χ1n) is 5.99.